The Balaban J connectivity index is 1.45. The Morgan fingerprint density at radius 3 is 2.72 bits per heavy atom. The molecule has 1 aromatic heterocycles. The largest absolute Gasteiger partial charge is 0.379 e. The van der Waals surface area contributed by atoms with E-state index in [0.717, 1.165) is 52.4 Å². The fraction of sp³-hybridized carbons (Fsp3) is 0.524. The third-order valence-electron chi connectivity index (χ3n) is 5.70. The van der Waals surface area contributed by atoms with E-state index >= 15 is 0 Å². The Kier molecular flexibility index (Phi) is 4.93. The van der Waals surface area contributed by atoms with Crippen LogP contribution in [-0.2, 0) is 4.74 Å². The van der Waals surface area contributed by atoms with Crippen molar-refractivity contribution in [3.05, 3.63) is 41.6 Å². The summed E-state index contributed by atoms with van der Waals surface area (Å²) in [6.07, 6.45) is 3.58. The quantitative estimate of drug-likeness (QED) is 0.927. The molecule has 0 radical (unpaired) electrons. The van der Waals surface area contributed by atoms with Crippen LogP contribution in [0.1, 0.15) is 24.6 Å². The smallest absolute Gasteiger partial charge is 0.0594 e. The molecule has 4 nitrogen and oxygen atoms in total. The van der Waals surface area contributed by atoms with E-state index in [-0.39, 0.29) is 0 Å². The number of hydrogen-bond acceptors (Lipinski definition) is 3. The van der Waals surface area contributed by atoms with E-state index in [9.17, 15) is 0 Å². The van der Waals surface area contributed by atoms with Crippen molar-refractivity contribution < 1.29 is 4.74 Å². The average molecular weight is 339 g/mol. The lowest BCUT2D eigenvalue weighted by Crippen LogP contribution is -2.47. The molecule has 1 saturated heterocycles. The van der Waals surface area contributed by atoms with Gasteiger partial charge in [0.2, 0.25) is 0 Å². The molecule has 4 heteroatoms. The van der Waals surface area contributed by atoms with Crippen LogP contribution in [0.5, 0.6) is 0 Å². The molecule has 134 valence electrons. The molecule has 2 aliphatic heterocycles. The number of aromatic nitrogens is 1. The van der Waals surface area contributed by atoms with Crippen molar-refractivity contribution in [1.29, 1.82) is 0 Å². The Labute approximate surface area is 150 Å². The van der Waals surface area contributed by atoms with Gasteiger partial charge < -0.3 is 9.72 Å². The van der Waals surface area contributed by atoms with Crippen molar-refractivity contribution in [3.8, 4) is 0 Å². The number of para-hydroxylation sites is 1. The van der Waals surface area contributed by atoms with Crippen LogP contribution in [0.3, 0.4) is 0 Å². The van der Waals surface area contributed by atoms with Gasteiger partial charge in [-0.2, -0.15) is 0 Å². The summed E-state index contributed by atoms with van der Waals surface area (Å²) < 4.78 is 5.46. The van der Waals surface area contributed by atoms with Gasteiger partial charge in [0.25, 0.3) is 0 Å². The second kappa shape index (κ2) is 7.32. The highest BCUT2D eigenvalue weighted by atomic mass is 16.5. The third-order valence-corrected chi connectivity index (χ3v) is 5.70. The van der Waals surface area contributed by atoms with E-state index in [2.05, 4.69) is 59.0 Å². The van der Waals surface area contributed by atoms with Crippen LogP contribution in [-0.4, -0.2) is 66.8 Å². The molecule has 2 aromatic rings. The van der Waals surface area contributed by atoms with Gasteiger partial charge in [-0.15, -0.1) is 0 Å². The number of ether oxygens (including phenoxy) is 1. The van der Waals surface area contributed by atoms with Crippen molar-refractivity contribution in [2.45, 2.75) is 26.3 Å². The van der Waals surface area contributed by atoms with Crippen molar-refractivity contribution >= 4 is 16.5 Å². The normalized spacial score (nSPS) is 21.4. The summed E-state index contributed by atoms with van der Waals surface area (Å²) in [6, 6.07) is 9.25. The predicted octanol–water partition coefficient (Wildman–Crippen LogP) is 3.29. The first kappa shape index (κ1) is 16.8. The van der Waals surface area contributed by atoms with Gasteiger partial charge in [-0.25, -0.2) is 0 Å². The van der Waals surface area contributed by atoms with Gasteiger partial charge in [0.15, 0.2) is 0 Å². The lowest BCUT2D eigenvalue weighted by atomic mass is 9.96. The first-order valence-corrected chi connectivity index (χ1v) is 9.53. The average Bonchev–Trinajstić information content (AvgIpc) is 2.98. The highest BCUT2D eigenvalue weighted by molar-refractivity contribution is 5.94. The maximum atomic E-state index is 5.46. The van der Waals surface area contributed by atoms with Gasteiger partial charge in [0.05, 0.1) is 13.2 Å². The minimum absolute atomic E-state index is 0.597. The molecule has 2 aliphatic rings. The van der Waals surface area contributed by atoms with Crippen molar-refractivity contribution in [2.75, 3.05) is 45.9 Å². The van der Waals surface area contributed by atoms with Crippen LogP contribution < -0.4 is 0 Å². The van der Waals surface area contributed by atoms with Crippen molar-refractivity contribution in [1.82, 2.24) is 14.8 Å². The van der Waals surface area contributed by atoms with E-state index in [1.54, 1.807) is 0 Å². The number of benzene rings is 1. The number of morpholine rings is 1. The zero-order valence-electron chi connectivity index (χ0n) is 15.4. The number of aryl methyl sites for hydroxylation is 1. The van der Waals surface area contributed by atoms with Crippen LogP contribution in [0.4, 0.5) is 0 Å². The lowest BCUT2D eigenvalue weighted by Gasteiger charge is -2.36. The Morgan fingerprint density at radius 1 is 1.16 bits per heavy atom. The van der Waals surface area contributed by atoms with E-state index in [4.69, 9.17) is 4.74 Å². The molecule has 1 atom stereocenters. The summed E-state index contributed by atoms with van der Waals surface area (Å²) in [7, 11) is 0. The van der Waals surface area contributed by atoms with Gasteiger partial charge in [-0.05, 0) is 31.9 Å². The number of nitrogens with one attached hydrogen (secondary N) is 1. The number of nitrogens with zero attached hydrogens (tertiary/aromatic N) is 2. The van der Waals surface area contributed by atoms with Gasteiger partial charge in [0.1, 0.15) is 0 Å². The molecule has 1 aromatic carbocycles. The molecule has 0 bridgehead atoms. The fourth-order valence-electron chi connectivity index (χ4n) is 4.28. The Hall–Kier alpha value is -1.62. The number of fused-ring (bicyclic) bond motifs is 1. The minimum Gasteiger partial charge on any atom is -0.379 e. The van der Waals surface area contributed by atoms with Gasteiger partial charge in [0, 0.05) is 60.9 Å². The van der Waals surface area contributed by atoms with E-state index < -0.39 is 0 Å². The minimum atomic E-state index is 0.597. The first-order valence-electron chi connectivity index (χ1n) is 9.53. The molecule has 0 amide bonds. The maximum Gasteiger partial charge on any atom is 0.0594 e. The summed E-state index contributed by atoms with van der Waals surface area (Å²) in [5, 5.41) is 1.36. The molecule has 0 spiro atoms. The maximum absolute atomic E-state index is 5.46. The standard InChI is InChI=1S/C21H29N3O/c1-16(15-23-11-13-25-14-12-23)24-9-7-18(8-10-24)21-17(2)22-20-6-4-3-5-19(20)21/h3-7,16,22H,8-15H2,1-2H3/t16-/m1/s1. The zero-order valence-corrected chi connectivity index (χ0v) is 15.4. The first-order chi connectivity index (χ1) is 12.2. The summed E-state index contributed by atoms with van der Waals surface area (Å²) in [5.74, 6) is 0. The van der Waals surface area contributed by atoms with Crippen LogP contribution >= 0.6 is 0 Å². The Bertz CT molecular complexity index is 758. The van der Waals surface area contributed by atoms with E-state index in [0.29, 0.717) is 6.04 Å². The van der Waals surface area contributed by atoms with E-state index in [1.165, 1.54) is 27.7 Å². The lowest BCUT2D eigenvalue weighted by molar-refractivity contribution is 0.0255. The second-order valence-electron chi connectivity index (χ2n) is 7.41. The molecular formula is C21H29N3O. The highest BCUT2D eigenvalue weighted by Crippen LogP contribution is 2.32. The Morgan fingerprint density at radius 2 is 1.96 bits per heavy atom. The molecule has 0 saturated carbocycles. The molecule has 1 fully saturated rings. The van der Waals surface area contributed by atoms with Crippen molar-refractivity contribution in [2.24, 2.45) is 0 Å². The molecule has 1 N–H and O–H groups in total. The number of hydrogen-bond donors (Lipinski definition) is 1. The number of rotatable bonds is 4. The van der Waals surface area contributed by atoms with Gasteiger partial charge >= 0.3 is 0 Å². The molecular weight excluding hydrogens is 310 g/mol. The predicted molar refractivity (Wildman–Crippen MR) is 104 cm³/mol. The molecule has 25 heavy (non-hydrogen) atoms. The fourth-order valence-corrected chi connectivity index (χ4v) is 4.28. The van der Waals surface area contributed by atoms with Crippen LogP contribution in [0.25, 0.3) is 16.5 Å². The third kappa shape index (κ3) is 3.52. The van der Waals surface area contributed by atoms with Gasteiger partial charge in [-0.3, -0.25) is 9.80 Å². The summed E-state index contributed by atoms with van der Waals surface area (Å²) in [6.45, 7) is 11.8. The van der Waals surface area contributed by atoms with Crippen LogP contribution in [0, 0.1) is 6.92 Å². The van der Waals surface area contributed by atoms with Crippen molar-refractivity contribution in [3.63, 3.8) is 0 Å². The summed E-state index contributed by atoms with van der Waals surface area (Å²) in [4.78, 5) is 8.69. The highest BCUT2D eigenvalue weighted by Gasteiger charge is 2.22. The molecule has 0 unspecified atom stereocenters. The van der Waals surface area contributed by atoms with Crippen LogP contribution in [0.15, 0.2) is 30.3 Å². The molecule has 4 rings (SSSR count). The molecule has 0 aliphatic carbocycles. The second-order valence-corrected chi connectivity index (χ2v) is 7.41. The monoisotopic (exact) mass is 339 g/mol. The zero-order chi connectivity index (χ0) is 17.2. The molecule has 3 heterocycles. The summed E-state index contributed by atoms with van der Waals surface area (Å²) in [5.41, 5.74) is 5.47. The van der Waals surface area contributed by atoms with Gasteiger partial charge in [-0.1, -0.05) is 24.3 Å². The SMILES string of the molecule is Cc1[nH]c2ccccc2c1C1=CCN([C@H](C)CN2CCOCC2)CC1. The van der Waals surface area contributed by atoms with Crippen LogP contribution in [0.2, 0.25) is 0 Å². The number of aromatic amines is 1. The topological polar surface area (TPSA) is 31.5 Å². The number of H-pyrrole nitrogens is 1. The summed E-state index contributed by atoms with van der Waals surface area (Å²) >= 11 is 0. The van der Waals surface area contributed by atoms with E-state index in [1.807, 2.05) is 0 Å².